The zero-order chi connectivity index (χ0) is 12.5. The summed E-state index contributed by atoms with van der Waals surface area (Å²) in [5.74, 6) is 1.84. The van der Waals surface area contributed by atoms with Crippen molar-refractivity contribution in [2.45, 2.75) is 32.2 Å². The van der Waals surface area contributed by atoms with Gasteiger partial charge in [0.1, 0.15) is 6.33 Å². The van der Waals surface area contributed by atoms with E-state index in [1.54, 1.807) is 11.0 Å². The first-order valence-electron chi connectivity index (χ1n) is 6.36. The molecule has 0 amide bonds. The second kappa shape index (κ2) is 4.44. The van der Waals surface area contributed by atoms with Crippen LogP contribution in [0.2, 0.25) is 0 Å². The van der Waals surface area contributed by atoms with Gasteiger partial charge in [-0.15, -0.1) is 0 Å². The quantitative estimate of drug-likeness (QED) is 0.864. The SMILES string of the molecule is Cc1cn(C2CC2)c(NCCc2ncn(C)n2)n1. The van der Waals surface area contributed by atoms with Crippen molar-refractivity contribution in [1.82, 2.24) is 24.3 Å². The fourth-order valence-electron chi connectivity index (χ4n) is 2.06. The Morgan fingerprint density at radius 1 is 1.44 bits per heavy atom. The molecule has 0 unspecified atom stereocenters. The minimum Gasteiger partial charge on any atom is -0.355 e. The van der Waals surface area contributed by atoms with E-state index in [9.17, 15) is 0 Å². The molecule has 0 saturated heterocycles. The first kappa shape index (κ1) is 11.3. The average molecular weight is 246 g/mol. The monoisotopic (exact) mass is 246 g/mol. The molecule has 1 aliphatic carbocycles. The highest BCUT2D eigenvalue weighted by Gasteiger charge is 2.26. The molecule has 2 aromatic rings. The minimum atomic E-state index is 0.654. The lowest BCUT2D eigenvalue weighted by Gasteiger charge is -2.07. The van der Waals surface area contributed by atoms with Gasteiger partial charge in [-0.1, -0.05) is 0 Å². The van der Waals surface area contributed by atoms with Crippen LogP contribution >= 0.6 is 0 Å². The molecule has 96 valence electrons. The number of anilines is 1. The molecule has 18 heavy (non-hydrogen) atoms. The third-order valence-corrected chi connectivity index (χ3v) is 3.07. The Morgan fingerprint density at radius 3 is 2.94 bits per heavy atom. The molecule has 0 radical (unpaired) electrons. The summed E-state index contributed by atoms with van der Waals surface area (Å²) in [5.41, 5.74) is 1.07. The predicted molar refractivity (Wildman–Crippen MR) is 68.4 cm³/mol. The average Bonchev–Trinajstić information content (AvgIpc) is 3.00. The van der Waals surface area contributed by atoms with Crippen LogP contribution in [0.1, 0.15) is 30.4 Å². The van der Waals surface area contributed by atoms with Crippen molar-refractivity contribution in [3.05, 3.63) is 24.0 Å². The largest absolute Gasteiger partial charge is 0.355 e. The molecular formula is C12H18N6. The molecule has 1 N–H and O–H groups in total. The number of imidazole rings is 1. The van der Waals surface area contributed by atoms with E-state index in [1.165, 1.54) is 12.8 Å². The molecule has 2 heterocycles. The molecule has 2 aromatic heterocycles. The smallest absolute Gasteiger partial charge is 0.203 e. The van der Waals surface area contributed by atoms with Gasteiger partial charge in [0.25, 0.3) is 0 Å². The van der Waals surface area contributed by atoms with E-state index in [0.717, 1.165) is 30.4 Å². The normalized spacial score (nSPS) is 15.0. The van der Waals surface area contributed by atoms with Crippen molar-refractivity contribution in [2.24, 2.45) is 7.05 Å². The Hall–Kier alpha value is -1.85. The molecule has 6 nitrogen and oxygen atoms in total. The predicted octanol–water partition coefficient (Wildman–Crippen LogP) is 1.31. The van der Waals surface area contributed by atoms with Gasteiger partial charge in [0.15, 0.2) is 5.82 Å². The summed E-state index contributed by atoms with van der Waals surface area (Å²) in [6.07, 6.45) is 7.21. The van der Waals surface area contributed by atoms with Gasteiger partial charge in [-0.2, -0.15) is 5.10 Å². The van der Waals surface area contributed by atoms with Crippen molar-refractivity contribution < 1.29 is 0 Å². The molecule has 0 aliphatic heterocycles. The van der Waals surface area contributed by atoms with Crippen molar-refractivity contribution in [1.29, 1.82) is 0 Å². The Labute approximate surface area is 106 Å². The Bertz CT molecular complexity index is 537. The lowest BCUT2D eigenvalue weighted by Crippen LogP contribution is -2.10. The highest BCUT2D eigenvalue weighted by molar-refractivity contribution is 5.30. The van der Waals surface area contributed by atoms with Gasteiger partial charge in [0.05, 0.1) is 5.69 Å². The summed E-state index contributed by atoms with van der Waals surface area (Å²) in [5, 5.41) is 7.63. The summed E-state index contributed by atoms with van der Waals surface area (Å²) in [6, 6.07) is 0.654. The standard InChI is InChI=1S/C12H18N6/c1-9-7-18(10-3-4-10)12(15-9)13-6-5-11-14-8-17(2)16-11/h7-8,10H,3-6H2,1-2H3,(H,13,15). The topological polar surface area (TPSA) is 60.6 Å². The number of aromatic nitrogens is 5. The van der Waals surface area contributed by atoms with E-state index in [0.29, 0.717) is 6.04 Å². The van der Waals surface area contributed by atoms with Gasteiger partial charge in [-0.05, 0) is 19.8 Å². The number of aryl methyl sites for hydroxylation is 2. The second-order valence-electron chi connectivity index (χ2n) is 4.86. The highest BCUT2D eigenvalue weighted by Crippen LogP contribution is 2.37. The fraction of sp³-hybridized carbons (Fsp3) is 0.583. The third kappa shape index (κ3) is 2.37. The zero-order valence-corrected chi connectivity index (χ0v) is 10.8. The first-order valence-corrected chi connectivity index (χ1v) is 6.36. The maximum Gasteiger partial charge on any atom is 0.203 e. The van der Waals surface area contributed by atoms with Gasteiger partial charge < -0.3 is 9.88 Å². The molecule has 3 rings (SSSR count). The lowest BCUT2D eigenvalue weighted by atomic mass is 10.4. The van der Waals surface area contributed by atoms with Gasteiger partial charge in [-0.3, -0.25) is 4.68 Å². The van der Waals surface area contributed by atoms with Crippen LogP contribution in [0.4, 0.5) is 5.95 Å². The zero-order valence-electron chi connectivity index (χ0n) is 10.8. The Morgan fingerprint density at radius 2 is 2.28 bits per heavy atom. The number of rotatable bonds is 5. The van der Waals surface area contributed by atoms with Gasteiger partial charge in [0, 0.05) is 32.3 Å². The van der Waals surface area contributed by atoms with E-state index in [4.69, 9.17) is 0 Å². The van der Waals surface area contributed by atoms with Crippen LogP contribution in [0.15, 0.2) is 12.5 Å². The molecule has 1 fully saturated rings. The Kier molecular flexibility index (Phi) is 2.77. The molecule has 1 saturated carbocycles. The second-order valence-corrected chi connectivity index (χ2v) is 4.86. The van der Waals surface area contributed by atoms with Crippen LogP contribution in [0.3, 0.4) is 0 Å². The number of nitrogens with one attached hydrogen (secondary N) is 1. The van der Waals surface area contributed by atoms with Crippen molar-refractivity contribution in [3.8, 4) is 0 Å². The van der Waals surface area contributed by atoms with Crippen LogP contribution in [-0.4, -0.2) is 30.9 Å². The van der Waals surface area contributed by atoms with E-state index >= 15 is 0 Å². The summed E-state index contributed by atoms with van der Waals surface area (Å²) in [6.45, 7) is 2.84. The molecule has 0 aromatic carbocycles. The van der Waals surface area contributed by atoms with Gasteiger partial charge in [-0.25, -0.2) is 9.97 Å². The first-order chi connectivity index (χ1) is 8.72. The molecule has 0 spiro atoms. The summed E-state index contributed by atoms with van der Waals surface area (Å²) in [7, 11) is 1.88. The highest BCUT2D eigenvalue weighted by atomic mass is 15.3. The summed E-state index contributed by atoms with van der Waals surface area (Å²) < 4.78 is 3.98. The van der Waals surface area contributed by atoms with Crippen LogP contribution in [-0.2, 0) is 13.5 Å². The van der Waals surface area contributed by atoms with Gasteiger partial charge in [0.2, 0.25) is 5.95 Å². The molecule has 0 atom stereocenters. The van der Waals surface area contributed by atoms with Crippen LogP contribution in [0, 0.1) is 6.92 Å². The third-order valence-electron chi connectivity index (χ3n) is 3.07. The molecule has 6 heteroatoms. The van der Waals surface area contributed by atoms with E-state index < -0.39 is 0 Å². The number of hydrogen-bond donors (Lipinski definition) is 1. The van der Waals surface area contributed by atoms with E-state index in [2.05, 4.69) is 31.1 Å². The number of hydrogen-bond acceptors (Lipinski definition) is 4. The van der Waals surface area contributed by atoms with Crippen LogP contribution in [0.25, 0.3) is 0 Å². The summed E-state index contributed by atoms with van der Waals surface area (Å²) >= 11 is 0. The molecular weight excluding hydrogens is 228 g/mol. The van der Waals surface area contributed by atoms with Gasteiger partial charge >= 0.3 is 0 Å². The van der Waals surface area contributed by atoms with Crippen molar-refractivity contribution in [3.63, 3.8) is 0 Å². The maximum atomic E-state index is 4.51. The molecule has 1 aliphatic rings. The van der Waals surface area contributed by atoms with E-state index in [1.807, 2.05) is 14.0 Å². The van der Waals surface area contributed by atoms with Crippen molar-refractivity contribution in [2.75, 3.05) is 11.9 Å². The lowest BCUT2D eigenvalue weighted by molar-refractivity contribution is 0.729. The minimum absolute atomic E-state index is 0.654. The maximum absolute atomic E-state index is 4.51. The van der Waals surface area contributed by atoms with Crippen molar-refractivity contribution >= 4 is 5.95 Å². The number of nitrogens with zero attached hydrogens (tertiary/aromatic N) is 5. The summed E-state index contributed by atoms with van der Waals surface area (Å²) in [4.78, 5) is 8.72. The Balaban J connectivity index is 1.59. The molecule has 0 bridgehead atoms. The van der Waals surface area contributed by atoms with E-state index in [-0.39, 0.29) is 0 Å². The fourth-order valence-corrected chi connectivity index (χ4v) is 2.06. The van der Waals surface area contributed by atoms with Crippen LogP contribution in [0.5, 0.6) is 0 Å². The van der Waals surface area contributed by atoms with Crippen LogP contribution < -0.4 is 5.32 Å².